The molecule has 1 saturated heterocycles. The van der Waals surface area contributed by atoms with Crippen LogP contribution in [0.1, 0.15) is 79.1 Å². The molecule has 0 aromatic carbocycles. The largest absolute Gasteiger partial charge is 0.480 e. The minimum Gasteiger partial charge on any atom is -0.480 e. The number of likely N-dealkylation sites (tertiary alicyclic amines) is 1. The number of amides is 8. The molecular weight excluding hydrogens is 724 g/mol. The number of guanidine groups is 1. The van der Waals surface area contributed by atoms with Gasteiger partial charge in [-0.2, -0.15) is 0 Å². The fourth-order valence-corrected chi connectivity index (χ4v) is 5.66. The number of nitrogens with two attached hydrogens (primary N) is 5. The first kappa shape index (κ1) is 47.5. The Bertz CT molecular complexity index is 1440. The van der Waals surface area contributed by atoms with E-state index in [9.17, 15) is 48.3 Å². The van der Waals surface area contributed by atoms with Gasteiger partial charge in [0.25, 0.3) is 0 Å². The SMILES string of the molecule is CC(C)C[C@H](NC(=O)[C@H](CC(N)=O)NC(=O)CNC(=O)[C@@H]1CCCN1C(=O)[C@@H](N)CCC(N)=O)C(=O)N[C@H](C(=O)N[C@@H](CCCN=C(N)N)C(=O)O)C(C)C. The Morgan fingerprint density at radius 3 is 1.96 bits per heavy atom. The van der Waals surface area contributed by atoms with Crippen LogP contribution in [0.4, 0.5) is 0 Å². The van der Waals surface area contributed by atoms with Crippen molar-refractivity contribution >= 4 is 59.2 Å². The van der Waals surface area contributed by atoms with E-state index >= 15 is 0 Å². The van der Waals surface area contributed by atoms with Crippen LogP contribution in [0.2, 0.25) is 0 Å². The predicted molar refractivity (Wildman–Crippen MR) is 198 cm³/mol. The lowest BCUT2D eigenvalue weighted by Crippen LogP contribution is -2.59. The van der Waals surface area contributed by atoms with Crippen molar-refractivity contribution in [2.75, 3.05) is 19.6 Å². The van der Waals surface area contributed by atoms with Gasteiger partial charge in [-0.1, -0.05) is 27.7 Å². The van der Waals surface area contributed by atoms with Gasteiger partial charge in [-0.15, -0.1) is 0 Å². The lowest BCUT2D eigenvalue weighted by atomic mass is 9.99. The number of carboxylic acids is 1. The van der Waals surface area contributed by atoms with E-state index in [1.54, 1.807) is 27.7 Å². The van der Waals surface area contributed by atoms with Gasteiger partial charge in [0.05, 0.1) is 19.0 Å². The Hall–Kier alpha value is -5.54. The van der Waals surface area contributed by atoms with E-state index < -0.39 is 108 Å². The summed E-state index contributed by atoms with van der Waals surface area (Å²) in [5, 5.41) is 21.8. The number of rotatable bonds is 24. The number of nitrogens with zero attached hydrogens (tertiary/aromatic N) is 2. The minimum absolute atomic E-state index is 0.00504. The normalized spacial score (nSPS) is 16.5. The van der Waals surface area contributed by atoms with E-state index in [2.05, 4.69) is 31.6 Å². The molecule has 0 unspecified atom stereocenters. The zero-order valence-electron chi connectivity index (χ0n) is 31.8. The first-order valence-electron chi connectivity index (χ1n) is 18.0. The van der Waals surface area contributed by atoms with E-state index in [1.165, 1.54) is 4.90 Å². The topological polar surface area (TPSA) is 380 Å². The molecule has 0 aliphatic carbocycles. The van der Waals surface area contributed by atoms with Crippen LogP contribution in [0.5, 0.6) is 0 Å². The molecule has 0 spiro atoms. The van der Waals surface area contributed by atoms with Crippen molar-refractivity contribution in [3.8, 4) is 0 Å². The van der Waals surface area contributed by atoms with Crippen LogP contribution in [0.3, 0.4) is 0 Å². The second kappa shape index (κ2) is 23.3. The number of aliphatic imine (C=N–C) groups is 1. The van der Waals surface area contributed by atoms with E-state index in [-0.39, 0.29) is 63.5 Å². The average Bonchev–Trinajstić information content (AvgIpc) is 3.58. The maximum atomic E-state index is 13.5. The molecule has 1 fully saturated rings. The quantitative estimate of drug-likeness (QED) is 0.0250. The monoisotopic (exact) mass is 782 g/mol. The van der Waals surface area contributed by atoms with Crippen molar-refractivity contribution in [1.29, 1.82) is 0 Å². The molecule has 0 radical (unpaired) electrons. The van der Waals surface area contributed by atoms with Crippen LogP contribution in [0.25, 0.3) is 0 Å². The van der Waals surface area contributed by atoms with Gasteiger partial charge in [-0.05, 0) is 50.4 Å². The van der Waals surface area contributed by atoms with Gasteiger partial charge in [0, 0.05) is 19.5 Å². The molecule has 310 valence electrons. The highest BCUT2D eigenvalue weighted by atomic mass is 16.4. The molecule has 0 aromatic heterocycles. The van der Waals surface area contributed by atoms with Crippen LogP contribution in [0.15, 0.2) is 4.99 Å². The van der Waals surface area contributed by atoms with Gasteiger partial charge in [0.15, 0.2) is 5.96 Å². The zero-order valence-corrected chi connectivity index (χ0v) is 31.8. The summed E-state index contributed by atoms with van der Waals surface area (Å²) >= 11 is 0. The second-order valence-electron chi connectivity index (χ2n) is 14.1. The highest BCUT2D eigenvalue weighted by Crippen LogP contribution is 2.19. The zero-order chi connectivity index (χ0) is 42.0. The molecule has 1 aliphatic heterocycles. The fraction of sp³-hybridized carbons (Fsp3) is 0.697. The van der Waals surface area contributed by atoms with Crippen LogP contribution >= 0.6 is 0 Å². The number of carboxylic acid groups (broad SMARTS) is 1. The summed E-state index contributed by atoms with van der Waals surface area (Å²) < 4.78 is 0. The van der Waals surface area contributed by atoms with Crippen LogP contribution in [0, 0.1) is 11.8 Å². The van der Waals surface area contributed by atoms with E-state index in [0.717, 1.165) is 0 Å². The fourth-order valence-electron chi connectivity index (χ4n) is 5.66. The van der Waals surface area contributed by atoms with Gasteiger partial charge in [0.2, 0.25) is 47.3 Å². The number of nitrogens with one attached hydrogen (secondary N) is 5. The molecule has 0 saturated carbocycles. The first-order valence-corrected chi connectivity index (χ1v) is 18.0. The average molecular weight is 783 g/mol. The highest BCUT2D eigenvalue weighted by Gasteiger charge is 2.37. The first-order chi connectivity index (χ1) is 25.6. The van der Waals surface area contributed by atoms with Crippen LogP contribution in [-0.2, 0) is 43.2 Å². The predicted octanol–water partition coefficient (Wildman–Crippen LogP) is -4.66. The summed E-state index contributed by atoms with van der Waals surface area (Å²) in [5.41, 5.74) is 26.9. The van der Waals surface area contributed by atoms with Gasteiger partial charge >= 0.3 is 5.97 Å². The summed E-state index contributed by atoms with van der Waals surface area (Å²) in [6, 6.07) is -7.38. The molecule has 1 heterocycles. The molecule has 6 atom stereocenters. The number of carbonyl (C=O) groups excluding carboxylic acids is 8. The molecule has 22 nitrogen and oxygen atoms in total. The van der Waals surface area contributed by atoms with Crippen molar-refractivity contribution < 1.29 is 48.3 Å². The Kier molecular flexibility index (Phi) is 20.1. The summed E-state index contributed by atoms with van der Waals surface area (Å²) in [6.07, 6.45) is 0.264. The van der Waals surface area contributed by atoms with Gasteiger partial charge in [-0.3, -0.25) is 43.3 Å². The summed E-state index contributed by atoms with van der Waals surface area (Å²) in [4.78, 5) is 119. The maximum Gasteiger partial charge on any atom is 0.326 e. The van der Waals surface area contributed by atoms with Gasteiger partial charge in [0.1, 0.15) is 30.2 Å². The third-order valence-electron chi connectivity index (χ3n) is 8.48. The minimum atomic E-state index is -1.57. The molecule has 55 heavy (non-hydrogen) atoms. The Balaban J connectivity index is 3.00. The maximum absolute atomic E-state index is 13.5. The van der Waals surface area contributed by atoms with Crippen molar-refractivity contribution in [3.63, 3.8) is 0 Å². The number of aliphatic carboxylic acids is 1. The molecule has 0 bridgehead atoms. The number of primary amides is 2. The smallest absolute Gasteiger partial charge is 0.326 e. The standard InChI is InChI=1S/C33H58N12O10/c1-16(2)13-20(28(50)44-26(17(3)4)30(52)42-19(32(54)55)7-5-11-39-33(37)38)43-27(49)21(14-24(36)47)41-25(48)15-40-29(51)22-8-6-12-45(22)31(53)18(34)9-10-23(35)46/h16-22,26H,5-15,34H2,1-4H3,(H2,35,46)(H2,36,47)(H,40,51)(H,41,48)(H,42,52)(H,43,49)(H,44,50)(H,54,55)(H4,37,38,39)/t18-,19-,20-,21-,22-,26-/m0/s1. The highest BCUT2D eigenvalue weighted by molar-refractivity contribution is 5.97. The summed E-state index contributed by atoms with van der Waals surface area (Å²) in [6.45, 7) is 6.47. The summed E-state index contributed by atoms with van der Waals surface area (Å²) in [5.74, 6) is -8.44. The van der Waals surface area contributed by atoms with Crippen molar-refractivity contribution in [2.45, 2.75) is 115 Å². The molecule has 1 aliphatic rings. The third kappa shape index (κ3) is 17.4. The number of carbonyl (C=O) groups is 9. The van der Waals surface area contributed by atoms with E-state index in [4.69, 9.17) is 28.7 Å². The lowest BCUT2D eigenvalue weighted by Gasteiger charge is -2.28. The summed E-state index contributed by atoms with van der Waals surface area (Å²) in [7, 11) is 0. The second-order valence-corrected chi connectivity index (χ2v) is 14.1. The number of hydrogen-bond donors (Lipinski definition) is 11. The van der Waals surface area contributed by atoms with Crippen molar-refractivity contribution in [2.24, 2.45) is 45.5 Å². The molecule has 0 aromatic rings. The molecular formula is C33H58N12O10. The Morgan fingerprint density at radius 1 is 0.800 bits per heavy atom. The van der Waals surface area contributed by atoms with E-state index in [1.807, 2.05) is 0 Å². The molecule has 8 amide bonds. The van der Waals surface area contributed by atoms with E-state index in [0.29, 0.717) is 6.42 Å². The van der Waals surface area contributed by atoms with Crippen LogP contribution in [-0.4, -0.2) is 125 Å². The molecule has 1 rings (SSSR count). The Labute approximate surface area is 319 Å². The molecule has 16 N–H and O–H groups in total. The Morgan fingerprint density at radius 2 is 1.42 bits per heavy atom. The third-order valence-corrected chi connectivity index (χ3v) is 8.48. The van der Waals surface area contributed by atoms with Crippen LogP contribution < -0.4 is 55.3 Å². The van der Waals surface area contributed by atoms with Crippen molar-refractivity contribution in [3.05, 3.63) is 0 Å². The van der Waals surface area contributed by atoms with Gasteiger partial charge in [-0.25, -0.2) is 4.79 Å². The molecule has 22 heteroatoms. The number of hydrogen-bond acceptors (Lipinski definition) is 11. The van der Waals surface area contributed by atoms with Gasteiger partial charge < -0.3 is 65.3 Å². The lowest BCUT2D eigenvalue weighted by molar-refractivity contribution is -0.143. The van der Waals surface area contributed by atoms with Crippen molar-refractivity contribution in [1.82, 2.24) is 31.5 Å².